The summed E-state index contributed by atoms with van der Waals surface area (Å²) < 4.78 is 0. The third-order valence-electron chi connectivity index (χ3n) is 5.41. The van der Waals surface area contributed by atoms with Crippen LogP contribution in [0.2, 0.25) is 0 Å². The Morgan fingerprint density at radius 3 is 2.50 bits per heavy atom. The van der Waals surface area contributed by atoms with Crippen molar-refractivity contribution < 1.29 is 0 Å². The summed E-state index contributed by atoms with van der Waals surface area (Å²) in [6.07, 6.45) is 2.81. The van der Waals surface area contributed by atoms with Gasteiger partial charge < -0.3 is 5.32 Å². The van der Waals surface area contributed by atoms with Crippen LogP contribution < -0.4 is 5.32 Å². The minimum atomic E-state index is 0.325. The average Bonchev–Trinajstić information content (AvgIpc) is 3.27. The summed E-state index contributed by atoms with van der Waals surface area (Å²) in [4.78, 5) is 2.69. The van der Waals surface area contributed by atoms with Crippen molar-refractivity contribution in [3.63, 3.8) is 0 Å². The van der Waals surface area contributed by atoms with Gasteiger partial charge in [0, 0.05) is 30.7 Å². The highest BCUT2D eigenvalue weighted by molar-refractivity contribution is 5.24. The molecule has 2 aliphatic rings. The minimum absolute atomic E-state index is 0.325. The lowest BCUT2D eigenvalue weighted by Crippen LogP contribution is -2.63. The van der Waals surface area contributed by atoms with Gasteiger partial charge in [-0.05, 0) is 52.0 Å². The zero-order valence-electron chi connectivity index (χ0n) is 13.3. The van der Waals surface area contributed by atoms with Crippen LogP contribution in [0.1, 0.15) is 50.8 Å². The molecule has 0 amide bonds. The van der Waals surface area contributed by atoms with Crippen LogP contribution in [-0.4, -0.2) is 29.6 Å². The van der Waals surface area contributed by atoms with Crippen molar-refractivity contribution in [1.29, 1.82) is 0 Å². The summed E-state index contributed by atoms with van der Waals surface area (Å²) in [7, 11) is 0. The molecular weight excluding hydrogens is 244 g/mol. The van der Waals surface area contributed by atoms with Crippen LogP contribution in [0.4, 0.5) is 0 Å². The van der Waals surface area contributed by atoms with Crippen molar-refractivity contribution in [2.75, 3.05) is 13.1 Å². The van der Waals surface area contributed by atoms with E-state index in [1.807, 2.05) is 0 Å². The molecule has 1 saturated carbocycles. The van der Waals surface area contributed by atoms with Gasteiger partial charge in [-0.3, -0.25) is 4.90 Å². The number of nitrogens with zero attached hydrogens (tertiary/aromatic N) is 1. The molecule has 3 unspecified atom stereocenters. The van der Waals surface area contributed by atoms with E-state index in [2.05, 4.69) is 62.2 Å². The molecule has 2 nitrogen and oxygen atoms in total. The first-order valence-corrected chi connectivity index (χ1v) is 8.07. The Kier molecular flexibility index (Phi) is 3.64. The number of aryl methyl sites for hydroxylation is 1. The van der Waals surface area contributed by atoms with Gasteiger partial charge in [0.15, 0.2) is 0 Å². The van der Waals surface area contributed by atoms with Crippen molar-refractivity contribution in [2.24, 2.45) is 5.92 Å². The highest BCUT2D eigenvalue weighted by Gasteiger charge is 2.46. The Hall–Kier alpha value is -0.860. The number of rotatable bonds is 3. The van der Waals surface area contributed by atoms with Gasteiger partial charge in [0.05, 0.1) is 0 Å². The summed E-state index contributed by atoms with van der Waals surface area (Å²) >= 11 is 0. The third kappa shape index (κ3) is 2.64. The van der Waals surface area contributed by atoms with E-state index in [1.54, 1.807) is 0 Å². The molecular formula is C18H28N2. The molecule has 1 aliphatic carbocycles. The Bertz CT molecular complexity index is 463. The molecule has 1 heterocycles. The van der Waals surface area contributed by atoms with Gasteiger partial charge >= 0.3 is 0 Å². The summed E-state index contributed by atoms with van der Waals surface area (Å²) in [5.41, 5.74) is 3.12. The topological polar surface area (TPSA) is 15.3 Å². The van der Waals surface area contributed by atoms with E-state index in [0.29, 0.717) is 17.6 Å². The van der Waals surface area contributed by atoms with Gasteiger partial charge in [0.1, 0.15) is 0 Å². The summed E-state index contributed by atoms with van der Waals surface area (Å²) in [6, 6.07) is 10.2. The fourth-order valence-electron chi connectivity index (χ4n) is 3.64. The monoisotopic (exact) mass is 272 g/mol. The van der Waals surface area contributed by atoms with Crippen LogP contribution in [0.25, 0.3) is 0 Å². The van der Waals surface area contributed by atoms with Gasteiger partial charge in [-0.1, -0.05) is 29.8 Å². The Balaban J connectivity index is 1.77. The van der Waals surface area contributed by atoms with Crippen LogP contribution in [0.3, 0.4) is 0 Å². The summed E-state index contributed by atoms with van der Waals surface area (Å²) in [5, 5.41) is 3.81. The average molecular weight is 272 g/mol. The van der Waals surface area contributed by atoms with E-state index in [0.717, 1.165) is 12.5 Å². The molecule has 0 aromatic heterocycles. The maximum absolute atomic E-state index is 3.81. The molecule has 20 heavy (non-hydrogen) atoms. The van der Waals surface area contributed by atoms with E-state index in [-0.39, 0.29) is 0 Å². The van der Waals surface area contributed by atoms with Gasteiger partial charge in [-0.2, -0.15) is 0 Å². The Morgan fingerprint density at radius 1 is 1.25 bits per heavy atom. The quantitative estimate of drug-likeness (QED) is 0.905. The smallest absolute Gasteiger partial charge is 0.0324 e. The molecule has 1 saturated heterocycles. The van der Waals surface area contributed by atoms with Crippen molar-refractivity contribution in [2.45, 2.75) is 58.2 Å². The van der Waals surface area contributed by atoms with Crippen LogP contribution >= 0.6 is 0 Å². The zero-order chi connectivity index (χ0) is 14.3. The maximum Gasteiger partial charge on any atom is 0.0324 e. The van der Waals surface area contributed by atoms with Crippen LogP contribution in [0.15, 0.2) is 24.3 Å². The molecule has 0 bridgehead atoms. The first-order chi connectivity index (χ1) is 9.49. The van der Waals surface area contributed by atoms with Crippen molar-refractivity contribution in [1.82, 2.24) is 10.2 Å². The second-order valence-electron chi connectivity index (χ2n) is 7.18. The predicted octanol–water partition coefficient (Wildman–Crippen LogP) is 3.52. The normalized spacial score (nSPS) is 33.1. The lowest BCUT2D eigenvalue weighted by molar-refractivity contribution is 0.0517. The van der Waals surface area contributed by atoms with Gasteiger partial charge in [0.25, 0.3) is 0 Å². The van der Waals surface area contributed by atoms with Gasteiger partial charge in [0.2, 0.25) is 0 Å². The van der Waals surface area contributed by atoms with Crippen LogP contribution in [0, 0.1) is 12.8 Å². The van der Waals surface area contributed by atoms with Crippen LogP contribution in [0.5, 0.6) is 0 Å². The minimum Gasteiger partial charge on any atom is -0.308 e. The number of piperazine rings is 1. The SMILES string of the molecule is Cc1ccc(C(C)N2CC(C)(C3CC3)NCC2C)cc1. The highest BCUT2D eigenvalue weighted by Crippen LogP contribution is 2.42. The molecule has 3 atom stereocenters. The molecule has 110 valence electrons. The van der Waals surface area contributed by atoms with E-state index >= 15 is 0 Å². The summed E-state index contributed by atoms with van der Waals surface area (Å²) in [6.45, 7) is 11.6. The van der Waals surface area contributed by atoms with E-state index in [1.165, 1.54) is 30.5 Å². The first-order valence-electron chi connectivity index (χ1n) is 8.07. The van der Waals surface area contributed by atoms with Gasteiger partial charge in [-0.15, -0.1) is 0 Å². The standard InChI is InChI=1S/C18H28N2/c1-13-5-7-16(8-6-13)15(3)20-12-18(4,17-9-10-17)19-11-14(20)2/h5-8,14-15,17,19H,9-12H2,1-4H3. The van der Waals surface area contributed by atoms with E-state index in [9.17, 15) is 0 Å². The van der Waals surface area contributed by atoms with Crippen molar-refractivity contribution in [3.8, 4) is 0 Å². The Labute approximate surface area is 123 Å². The molecule has 0 radical (unpaired) electrons. The molecule has 2 fully saturated rings. The molecule has 1 N–H and O–H groups in total. The molecule has 1 aromatic rings. The largest absolute Gasteiger partial charge is 0.308 e. The number of hydrogen-bond acceptors (Lipinski definition) is 2. The lowest BCUT2D eigenvalue weighted by atomic mass is 9.89. The van der Waals surface area contributed by atoms with Crippen molar-refractivity contribution in [3.05, 3.63) is 35.4 Å². The van der Waals surface area contributed by atoms with Crippen molar-refractivity contribution >= 4 is 0 Å². The highest BCUT2D eigenvalue weighted by atomic mass is 15.3. The zero-order valence-corrected chi connectivity index (χ0v) is 13.3. The maximum atomic E-state index is 3.81. The summed E-state index contributed by atoms with van der Waals surface area (Å²) in [5.74, 6) is 0.891. The Morgan fingerprint density at radius 2 is 1.90 bits per heavy atom. The molecule has 0 spiro atoms. The molecule has 1 aromatic carbocycles. The van der Waals surface area contributed by atoms with Crippen LogP contribution in [-0.2, 0) is 0 Å². The van der Waals surface area contributed by atoms with Gasteiger partial charge in [-0.25, -0.2) is 0 Å². The number of nitrogens with one attached hydrogen (secondary N) is 1. The fraction of sp³-hybridized carbons (Fsp3) is 0.667. The molecule has 3 rings (SSSR count). The van der Waals surface area contributed by atoms with E-state index in [4.69, 9.17) is 0 Å². The lowest BCUT2D eigenvalue weighted by Gasteiger charge is -2.48. The number of hydrogen-bond donors (Lipinski definition) is 1. The number of benzene rings is 1. The second-order valence-corrected chi connectivity index (χ2v) is 7.18. The molecule has 2 heteroatoms. The van der Waals surface area contributed by atoms with E-state index < -0.39 is 0 Å². The molecule has 1 aliphatic heterocycles. The first kappa shape index (κ1) is 14.1. The fourth-order valence-corrected chi connectivity index (χ4v) is 3.64. The second kappa shape index (κ2) is 5.16. The predicted molar refractivity (Wildman–Crippen MR) is 84.9 cm³/mol. The third-order valence-corrected chi connectivity index (χ3v) is 5.41.